The summed E-state index contributed by atoms with van der Waals surface area (Å²) in [5.41, 5.74) is 1.61. The third kappa shape index (κ3) is 3.13. The monoisotopic (exact) mass is 297 g/mol. The lowest BCUT2D eigenvalue weighted by Crippen LogP contribution is -2.25. The second kappa shape index (κ2) is 5.71. The van der Waals surface area contributed by atoms with Gasteiger partial charge in [0.05, 0.1) is 4.90 Å². The lowest BCUT2D eigenvalue weighted by molar-refractivity contribution is 0.330. The maximum absolute atomic E-state index is 12.0. The molecular weight excluding hydrogens is 274 g/mol. The lowest BCUT2D eigenvalue weighted by Gasteiger charge is -2.16. The average Bonchev–Trinajstić information content (AvgIpc) is 2.70. The zero-order chi connectivity index (χ0) is 14.9. The predicted octanol–water partition coefficient (Wildman–Crippen LogP) is 1.41. The third-order valence-corrected chi connectivity index (χ3v) is 5.56. The Morgan fingerprint density at radius 2 is 2.05 bits per heavy atom. The molecule has 1 aliphatic rings. The van der Waals surface area contributed by atoms with Crippen molar-refractivity contribution in [2.75, 3.05) is 26.0 Å². The SMILES string of the molecule is CNS(=O)(=O)c1cc(NC2CC(C)N(C)C2)ccc1C. The van der Waals surface area contributed by atoms with Crippen LogP contribution in [-0.2, 0) is 10.0 Å². The molecule has 2 unspecified atom stereocenters. The average molecular weight is 297 g/mol. The zero-order valence-electron chi connectivity index (χ0n) is 12.5. The topological polar surface area (TPSA) is 61.4 Å². The van der Waals surface area contributed by atoms with Crippen LogP contribution in [0.3, 0.4) is 0 Å². The molecule has 112 valence electrons. The summed E-state index contributed by atoms with van der Waals surface area (Å²) in [6.45, 7) is 4.98. The second-order valence-corrected chi connectivity index (χ2v) is 7.41. The van der Waals surface area contributed by atoms with Crippen LogP contribution in [0.2, 0.25) is 0 Å². The summed E-state index contributed by atoms with van der Waals surface area (Å²) in [7, 11) is 0.136. The summed E-state index contributed by atoms with van der Waals surface area (Å²) in [6, 6.07) is 6.41. The van der Waals surface area contributed by atoms with Gasteiger partial charge in [-0.15, -0.1) is 0 Å². The van der Waals surface area contributed by atoms with Gasteiger partial charge in [0, 0.05) is 24.3 Å². The van der Waals surface area contributed by atoms with Gasteiger partial charge in [-0.05, 0) is 52.1 Å². The Bertz CT molecular complexity index is 576. The number of benzene rings is 1. The Kier molecular flexibility index (Phi) is 4.36. The first-order valence-electron chi connectivity index (χ1n) is 6.84. The van der Waals surface area contributed by atoms with Crippen molar-refractivity contribution in [3.05, 3.63) is 23.8 Å². The van der Waals surface area contributed by atoms with E-state index < -0.39 is 10.0 Å². The summed E-state index contributed by atoms with van der Waals surface area (Å²) in [5.74, 6) is 0. The largest absolute Gasteiger partial charge is 0.381 e. The molecule has 0 bridgehead atoms. The maximum atomic E-state index is 12.0. The van der Waals surface area contributed by atoms with Crippen LogP contribution < -0.4 is 10.0 Å². The summed E-state index contributed by atoms with van der Waals surface area (Å²) < 4.78 is 26.3. The van der Waals surface area contributed by atoms with E-state index in [4.69, 9.17) is 0 Å². The van der Waals surface area contributed by atoms with Crippen LogP contribution in [-0.4, -0.2) is 46.0 Å². The molecule has 1 heterocycles. The van der Waals surface area contributed by atoms with Gasteiger partial charge in [0.2, 0.25) is 10.0 Å². The van der Waals surface area contributed by atoms with Crippen molar-refractivity contribution < 1.29 is 8.42 Å². The van der Waals surface area contributed by atoms with Gasteiger partial charge in [-0.2, -0.15) is 0 Å². The number of hydrogen-bond donors (Lipinski definition) is 2. The Morgan fingerprint density at radius 3 is 2.60 bits per heavy atom. The number of anilines is 1. The van der Waals surface area contributed by atoms with Gasteiger partial charge in [-0.3, -0.25) is 0 Å². The first-order valence-corrected chi connectivity index (χ1v) is 8.33. The van der Waals surface area contributed by atoms with Crippen molar-refractivity contribution in [2.45, 2.75) is 37.2 Å². The molecule has 1 saturated heterocycles. The Balaban J connectivity index is 2.21. The maximum Gasteiger partial charge on any atom is 0.240 e. The van der Waals surface area contributed by atoms with Gasteiger partial charge >= 0.3 is 0 Å². The van der Waals surface area contributed by atoms with Crippen LogP contribution in [0.15, 0.2) is 23.1 Å². The summed E-state index contributed by atoms with van der Waals surface area (Å²) in [5, 5.41) is 3.43. The molecular formula is C14H23N3O2S. The normalized spacial score (nSPS) is 24.0. The summed E-state index contributed by atoms with van der Waals surface area (Å²) >= 11 is 0. The van der Waals surface area contributed by atoms with Crippen molar-refractivity contribution in [1.82, 2.24) is 9.62 Å². The molecule has 5 nitrogen and oxygen atoms in total. The molecule has 6 heteroatoms. The first-order chi connectivity index (χ1) is 9.33. The number of nitrogens with zero attached hydrogens (tertiary/aromatic N) is 1. The highest BCUT2D eigenvalue weighted by atomic mass is 32.2. The molecule has 2 N–H and O–H groups in total. The van der Waals surface area contributed by atoms with E-state index in [1.54, 1.807) is 13.0 Å². The molecule has 1 aromatic carbocycles. The van der Waals surface area contributed by atoms with Crippen LogP contribution in [0, 0.1) is 6.92 Å². The summed E-state index contributed by atoms with van der Waals surface area (Å²) in [4.78, 5) is 2.64. The third-order valence-electron chi connectivity index (χ3n) is 4.00. The fourth-order valence-corrected chi connectivity index (χ4v) is 3.62. The van der Waals surface area contributed by atoms with E-state index >= 15 is 0 Å². The zero-order valence-corrected chi connectivity index (χ0v) is 13.3. The minimum atomic E-state index is -3.41. The van der Waals surface area contributed by atoms with Gasteiger partial charge < -0.3 is 10.2 Å². The molecule has 0 saturated carbocycles. The van der Waals surface area contributed by atoms with Crippen molar-refractivity contribution in [2.24, 2.45) is 0 Å². The van der Waals surface area contributed by atoms with Gasteiger partial charge in [0.25, 0.3) is 0 Å². The quantitative estimate of drug-likeness (QED) is 0.882. The smallest absolute Gasteiger partial charge is 0.240 e. The number of hydrogen-bond acceptors (Lipinski definition) is 4. The number of likely N-dealkylation sites (tertiary alicyclic amines) is 1. The van der Waals surface area contributed by atoms with Crippen LogP contribution >= 0.6 is 0 Å². The molecule has 2 rings (SSSR count). The number of nitrogens with one attached hydrogen (secondary N) is 2. The van der Waals surface area contributed by atoms with E-state index in [1.165, 1.54) is 7.05 Å². The lowest BCUT2D eigenvalue weighted by atomic mass is 10.1. The minimum absolute atomic E-state index is 0.337. The molecule has 2 atom stereocenters. The molecule has 20 heavy (non-hydrogen) atoms. The molecule has 0 spiro atoms. The Labute approximate surface area is 121 Å². The number of sulfonamides is 1. The van der Waals surface area contributed by atoms with E-state index in [-0.39, 0.29) is 0 Å². The summed E-state index contributed by atoms with van der Waals surface area (Å²) in [6.07, 6.45) is 1.07. The minimum Gasteiger partial charge on any atom is -0.381 e. The molecule has 0 aromatic heterocycles. The van der Waals surface area contributed by atoms with Crippen LogP contribution in [0.5, 0.6) is 0 Å². The van der Waals surface area contributed by atoms with Crippen molar-refractivity contribution in [1.29, 1.82) is 0 Å². The van der Waals surface area contributed by atoms with Crippen LogP contribution in [0.25, 0.3) is 0 Å². The fourth-order valence-electron chi connectivity index (χ4n) is 2.62. The molecule has 1 aromatic rings. The first kappa shape index (κ1) is 15.3. The van der Waals surface area contributed by atoms with Crippen molar-refractivity contribution >= 4 is 15.7 Å². The van der Waals surface area contributed by atoms with Crippen molar-refractivity contribution in [3.8, 4) is 0 Å². The van der Waals surface area contributed by atoms with E-state index in [0.29, 0.717) is 17.0 Å². The molecule has 1 aliphatic heterocycles. The molecule has 0 amide bonds. The standard InChI is InChI=1S/C14H23N3O2S/c1-10-5-6-12(8-14(10)20(18,19)15-3)16-13-7-11(2)17(4)9-13/h5-6,8,11,13,15-16H,7,9H2,1-4H3. The van der Waals surface area contributed by atoms with Gasteiger partial charge in [0.15, 0.2) is 0 Å². The van der Waals surface area contributed by atoms with Gasteiger partial charge in [-0.25, -0.2) is 13.1 Å². The Hall–Kier alpha value is -1.11. The van der Waals surface area contributed by atoms with E-state index in [9.17, 15) is 8.42 Å². The second-order valence-electron chi connectivity index (χ2n) is 5.55. The van der Waals surface area contributed by atoms with Crippen LogP contribution in [0.4, 0.5) is 5.69 Å². The van der Waals surface area contributed by atoms with Crippen molar-refractivity contribution in [3.63, 3.8) is 0 Å². The predicted molar refractivity (Wildman–Crippen MR) is 81.5 cm³/mol. The Morgan fingerprint density at radius 1 is 1.35 bits per heavy atom. The van der Waals surface area contributed by atoms with Crippen LogP contribution in [0.1, 0.15) is 18.9 Å². The highest BCUT2D eigenvalue weighted by molar-refractivity contribution is 7.89. The molecule has 0 aliphatic carbocycles. The number of likely N-dealkylation sites (N-methyl/N-ethyl adjacent to an activating group) is 1. The van der Waals surface area contributed by atoms with Gasteiger partial charge in [0.1, 0.15) is 0 Å². The highest BCUT2D eigenvalue weighted by Gasteiger charge is 2.26. The highest BCUT2D eigenvalue weighted by Crippen LogP contribution is 2.23. The van der Waals surface area contributed by atoms with Gasteiger partial charge in [-0.1, -0.05) is 6.07 Å². The molecule has 0 radical (unpaired) electrons. The van der Waals surface area contributed by atoms with E-state index in [1.807, 2.05) is 12.1 Å². The van der Waals surface area contributed by atoms with E-state index in [0.717, 1.165) is 24.2 Å². The molecule has 1 fully saturated rings. The van der Waals surface area contributed by atoms with E-state index in [2.05, 4.69) is 28.9 Å². The fraction of sp³-hybridized carbons (Fsp3) is 0.571. The number of rotatable bonds is 4. The number of aryl methyl sites for hydroxylation is 1.